The van der Waals surface area contributed by atoms with Gasteiger partial charge in [0.25, 0.3) is 8.32 Å². The third-order valence-electron chi connectivity index (χ3n) is 8.11. The van der Waals surface area contributed by atoms with Gasteiger partial charge in [-0.15, -0.1) is 6.58 Å². The van der Waals surface area contributed by atoms with Gasteiger partial charge in [-0.05, 0) is 33.1 Å². The molecule has 0 radical (unpaired) electrons. The molecule has 0 saturated carbocycles. The van der Waals surface area contributed by atoms with E-state index in [1.165, 1.54) is 10.4 Å². The first kappa shape index (κ1) is 31.8. The Bertz CT molecular complexity index is 1120. The van der Waals surface area contributed by atoms with Gasteiger partial charge in [-0.3, -0.25) is 0 Å². The first-order chi connectivity index (χ1) is 19.0. The third kappa shape index (κ3) is 7.32. The standard InChI is InChI=1S/C35H48O4Si/c1-9-26(2)33(36)28(4)34(38-25-29-20-22-30(37-8)23-21-29)27(3)24-39-40(35(5,6)7,31-16-12-10-13-17-31)32-18-14-11-15-19-32/h9-23,26-28,33-34,36H,1,24-25H2,2-8H3/t26-,27-,28+,33-,34+/m1/s1. The predicted molar refractivity (Wildman–Crippen MR) is 169 cm³/mol. The van der Waals surface area contributed by atoms with E-state index in [0.717, 1.165) is 11.3 Å². The molecule has 0 aliphatic heterocycles. The van der Waals surface area contributed by atoms with E-state index in [1.807, 2.05) is 37.3 Å². The van der Waals surface area contributed by atoms with E-state index in [1.54, 1.807) is 7.11 Å². The zero-order valence-corrected chi connectivity index (χ0v) is 26.3. The first-order valence-corrected chi connectivity index (χ1v) is 16.3. The van der Waals surface area contributed by atoms with Gasteiger partial charge < -0.3 is 19.0 Å². The predicted octanol–water partition coefficient (Wildman–Crippen LogP) is 6.61. The van der Waals surface area contributed by atoms with E-state index in [0.29, 0.717) is 13.2 Å². The number of methoxy groups -OCH3 is 1. The van der Waals surface area contributed by atoms with Crippen LogP contribution in [0, 0.1) is 17.8 Å². The summed E-state index contributed by atoms with van der Waals surface area (Å²) in [5, 5.41) is 13.6. The minimum absolute atomic E-state index is 0.0292. The summed E-state index contributed by atoms with van der Waals surface area (Å²) in [5.74, 6) is 0.674. The summed E-state index contributed by atoms with van der Waals surface area (Å²) >= 11 is 0. The number of hydrogen-bond acceptors (Lipinski definition) is 4. The van der Waals surface area contributed by atoms with E-state index in [2.05, 4.69) is 102 Å². The first-order valence-electron chi connectivity index (χ1n) is 14.3. The lowest BCUT2D eigenvalue weighted by Crippen LogP contribution is -2.67. The van der Waals surface area contributed by atoms with Gasteiger partial charge in [-0.1, -0.05) is 120 Å². The lowest BCUT2D eigenvalue weighted by Gasteiger charge is -2.44. The molecule has 5 atom stereocenters. The molecule has 0 aliphatic carbocycles. The monoisotopic (exact) mass is 560 g/mol. The van der Waals surface area contributed by atoms with Gasteiger partial charge in [-0.25, -0.2) is 0 Å². The van der Waals surface area contributed by atoms with Crippen LogP contribution in [0.1, 0.15) is 47.1 Å². The normalized spacial score (nSPS) is 16.0. The number of ether oxygens (including phenoxy) is 2. The number of hydrogen-bond donors (Lipinski definition) is 1. The van der Waals surface area contributed by atoms with Crippen molar-refractivity contribution in [2.75, 3.05) is 13.7 Å². The number of rotatable bonds is 14. The van der Waals surface area contributed by atoms with Gasteiger partial charge >= 0.3 is 0 Å². The third-order valence-corrected chi connectivity index (χ3v) is 13.1. The van der Waals surface area contributed by atoms with Crippen LogP contribution in [0.15, 0.2) is 97.6 Å². The van der Waals surface area contributed by atoms with Crippen LogP contribution in [0.3, 0.4) is 0 Å². The molecule has 0 aromatic heterocycles. The van der Waals surface area contributed by atoms with Gasteiger partial charge in [0.2, 0.25) is 0 Å². The van der Waals surface area contributed by atoms with Crippen LogP contribution in [0.5, 0.6) is 5.75 Å². The lowest BCUT2D eigenvalue weighted by atomic mass is 9.84. The molecule has 0 spiro atoms. The fraction of sp³-hybridized carbons (Fsp3) is 0.429. The molecule has 4 nitrogen and oxygen atoms in total. The van der Waals surface area contributed by atoms with Crippen molar-refractivity contribution in [2.24, 2.45) is 17.8 Å². The van der Waals surface area contributed by atoms with Crippen molar-refractivity contribution >= 4 is 18.7 Å². The van der Waals surface area contributed by atoms with Gasteiger partial charge in [0.15, 0.2) is 0 Å². The Balaban J connectivity index is 1.94. The number of benzene rings is 3. The van der Waals surface area contributed by atoms with Crippen molar-refractivity contribution in [3.8, 4) is 5.75 Å². The average Bonchev–Trinajstić information content (AvgIpc) is 2.97. The van der Waals surface area contributed by atoms with Gasteiger partial charge in [0.1, 0.15) is 5.75 Å². The van der Waals surface area contributed by atoms with Crippen molar-refractivity contribution in [1.29, 1.82) is 0 Å². The smallest absolute Gasteiger partial charge is 0.261 e. The SMILES string of the molecule is C=C[C@@H](C)[C@@H](O)[C@H](C)[C@@H](OCc1ccc(OC)cc1)[C@H](C)CO[Si](c1ccccc1)(c1ccccc1)C(C)(C)C. The molecule has 0 amide bonds. The Morgan fingerprint density at radius 2 is 1.38 bits per heavy atom. The van der Waals surface area contributed by atoms with Crippen molar-refractivity contribution in [3.63, 3.8) is 0 Å². The van der Waals surface area contributed by atoms with Crippen LogP contribution in [0.25, 0.3) is 0 Å². The second-order valence-corrected chi connectivity index (χ2v) is 16.3. The molecule has 5 heteroatoms. The number of aliphatic hydroxyl groups excluding tert-OH is 1. The van der Waals surface area contributed by atoms with Crippen molar-refractivity contribution in [3.05, 3.63) is 103 Å². The summed E-state index contributed by atoms with van der Waals surface area (Å²) in [5.41, 5.74) is 1.06. The molecule has 3 aromatic rings. The van der Waals surface area contributed by atoms with Crippen LogP contribution >= 0.6 is 0 Å². The summed E-state index contributed by atoms with van der Waals surface area (Å²) in [6.45, 7) is 18.0. The van der Waals surface area contributed by atoms with Crippen molar-refractivity contribution in [1.82, 2.24) is 0 Å². The second kappa shape index (κ2) is 14.3. The Hall–Kier alpha value is -2.70. The fourth-order valence-corrected chi connectivity index (χ4v) is 10.3. The van der Waals surface area contributed by atoms with Gasteiger partial charge in [0, 0.05) is 24.4 Å². The van der Waals surface area contributed by atoms with Crippen LogP contribution in [0.4, 0.5) is 0 Å². The molecular formula is C35H48O4Si. The highest BCUT2D eigenvalue weighted by molar-refractivity contribution is 6.99. The van der Waals surface area contributed by atoms with Crippen LogP contribution in [-0.2, 0) is 15.8 Å². The maximum absolute atomic E-state index is 11.2. The van der Waals surface area contributed by atoms with Crippen molar-refractivity contribution in [2.45, 2.75) is 65.4 Å². The molecular weight excluding hydrogens is 512 g/mol. The molecule has 3 rings (SSSR count). The van der Waals surface area contributed by atoms with E-state index in [4.69, 9.17) is 13.9 Å². The van der Waals surface area contributed by atoms with Crippen LogP contribution in [-0.4, -0.2) is 39.3 Å². The Morgan fingerprint density at radius 1 is 0.850 bits per heavy atom. The molecule has 3 aromatic carbocycles. The molecule has 1 N–H and O–H groups in total. The molecule has 0 unspecified atom stereocenters. The maximum atomic E-state index is 11.2. The van der Waals surface area contributed by atoms with Crippen molar-refractivity contribution < 1.29 is 19.0 Å². The Labute approximate surface area is 243 Å². The highest BCUT2D eigenvalue weighted by Gasteiger charge is 2.50. The van der Waals surface area contributed by atoms with E-state index >= 15 is 0 Å². The number of aliphatic hydroxyl groups is 1. The van der Waals surface area contributed by atoms with Gasteiger partial charge in [-0.2, -0.15) is 0 Å². The fourth-order valence-electron chi connectivity index (χ4n) is 5.67. The Kier molecular flexibility index (Phi) is 11.4. The summed E-state index contributed by atoms with van der Waals surface area (Å²) < 4.78 is 19.2. The topological polar surface area (TPSA) is 47.9 Å². The summed E-state index contributed by atoms with van der Waals surface area (Å²) in [7, 11) is -1.03. The summed E-state index contributed by atoms with van der Waals surface area (Å²) in [4.78, 5) is 0. The minimum atomic E-state index is -2.69. The quantitative estimate of drug-likeness (QED) is 0.178. The van der Waals surface area contributed by atoms with E-state index in [9.17, 15) is 5.11 Å². The molecule has 40 heavy (non-hydrogen) atoms. The van der Waals surface area contributed by atoms with Crippen LogP contribution in [0.2, 0.25) is 5.04 Å². The average molecular weight is 561 g/mol. The molecule has 216 valence electrons. The molecule has 0 fully saturated rings. The van der Waals surface area contributed by atoms with Crippen LogP contribution < -0.4 is 15.1 Å². The molecule has 0 heterocycles. The largest absolute Gasteiger partial charge is 0.497 e. The highest BCUT2D eigenvalue weighted by atomic mass is 28.4. The minimum Gasteiger partial charge on any atom is -0.497 e. The molecule has 0 aliphatic rings. The second-order valence-electron chi connectivity index (χ2n) is 12.0. The van der Waals surface area contributed by atoms with E-state index in [-0.39, 0.29) is 28.9 Å². The maximum Gasteiger partial charge on any atom is 0.261 e. The summed E-state index contributed by atoms with van der Waals surface area (Å²) in [6, 6.07) is 29.3. The zero-order valence-electron chi connectivity index (χ0n) is 25.3. The summed E-state index contributed by atoms with van der Waals surface area (Å²) in [6.07, 6.45) is 1.01. The molecule has 0 bridgehead atoms. The Morgan fingerprint density at radius 3 is 1.82 bits per heavy atom. The highest BCUT2D eigenvalue weighted by Crippen LogP contribution is 2.37. The molecule has 0 saturated heterocycles. The lowest BCUT2D eigenvalue weighted by molar-refractivity contribution is -0.0799. The van der Waals surface area contributed by atoms with E-state index < -0.39 is 14.4 Å². The van der Waals surface area contributed by atoms with Gasteiger partial charge in [0.05, 0.1) is 25.9 Å². The zero-order chi connectivity index (χ0) is 29.3.